The van der Waals surface area contributed by atoms with E-state index in [1.807, 2.05) is 0 Å². The molecule has 1 atom stereocenters. The Kier molecular flexibility index (Phi) is 5.83. The Labute approximate surface area is 163 Å². The molecule has 0 radical (unpaired) electrons. The fourth-order valence-corrected chi connectivity index (χ4v) is 3.75. The van der Waals surface area contributed by atoms with Gasteiger partial charge in [0.2, 0.25) is 5.91 Å². The number of carbonyl (C=O) groups excluding carboxylic acids is 3. The van der Waals surface area contributed by atoms with Gasteiger partial charge in [-0.15, -0.1) is 0 Å². The third kappa shape index (κ3) is 4.09. The summed E-state index contributed by atoms with van der Waals surface area (Å²) in [5.74, 6) is -1.41. The van der Waals surface area contributed by atoms with Crippen molar-refractivity contribution in [3.63, 3.8) is 0 Å². The number of amides is 2. The molecule has 0 aromatic heterocycles. The second-order valence-electron chi connectivity index (χ2n) is 7.13. The van der Waals surface area contributed by atoms with Crippen LogP contribution in [0.2, 0.25) is 0 Å². The Bertz CT molecular complexity index is 810. The lowest BCUT2D eigenvalue weighted by atomic mass is 10.00. The van der Waals surface area contributed by atoms with Crippen molar-refractivity contribution in [3.05, 3.63) is 24.3 Å². The lowest BCUT2D eigenvalue weighted by Crippen LogP contribution is -2.47. The molecule has 1 heterocycles. The molecule has 1 aromatic carbocycles. The molecule has 1 aliphatic carbocycles. The summed E-state index contributed by atoms with van der Waals surface area (Å²) in [7, 11) is 1.52. The third-order valence-corrected chi connectivity index (χ3v) is 5.23. The van der Waals surface area contributed by atoms with Crippen molar-refractivity contribution < 1.29 is 23.9 Å². The summed E-state index contributed by atoms with van der Waals surface area (Å²) >= 11 is 0. The molecule has 8 nitrogen and oxygen atoms in total. The Balaban J connectivity index is 1.55. The van der Waals surface area contributed by atoms with E-state index >= 15 is 0 Å². The normalized spacial score (nSPS) is 20.5. The van der Waals surface area contributed by atoms with Crippen molar-refractivity contribution in [1.29, 1.82) is 5.26 Å². The molecule has 0 unspecified atom stereocenters. The predicted octanol–water partition coefficient (Wildman–Crippen LogP) is 1.54. The number of benzene rings is 1. The zero-order valence-electron chi connectivity index (χ0n) is 15.8. The van der Waals surface area contributed by atoms with Crippen molar-refractivity contribution >= 4 is 23.5 Å². The van der Waals surface area contributed by atoms with Crippen LogP contribution in [0.4, 0.5) is 5.69 Å². The highest BCUT2D eigenvalue weighted by Crippen LogP contribution is 2.33. The number of carbonyl (C=O) groups is 3. The third-order valence-electron chi connectivity index (χ3n) is 5.23. The zero-order chi connectivity index (χ0) is 20.1. The van der Waals surface area contributed by atoms with E-state index in [4.69, 9.17) is 9.47 Å². The Morgan fingerprint density at radius 2 is 2.04 bits per heavy atom. The topological polar surface area (TPSA) is 109 Å². The molecule has 1 N–H and O–H groups in total. The van der Waals surface area contributed by atoms with E-state index < -0.39 is 29.9 Å². The van der Waals surface area contributed by atoms with E-state index in [1.54, 1.807) is 24.3 Å². The van der Waals surface area contributed by atoms with Crippen LogP contribution in [0.3, 0.4) is 0 Å². The molecular formula is C20H23N3O5. The van der Waals surface area contributed by atoms with Gasteiger partial charge in [-0.1, -0.05) is 12.1 Å². The van der Waals surface area contributed by atoms with Gasteiger partial charge in [0.05, 0.1) is 24.8 Å². The number of para-hydroxylation sites is 2. The summed E-state index contributed by atoms with van der Waals surface area (Å²) in [5.41, 5.74) is -0.256. The first kappa shape index (κ1) is 19.7. The second kappa shape index (κ2) is 8.30. The predicted molar refractivity (Wildman–Crippen MR) is 99.4 cm³/mol. The average molecular weight is 385 g/mol. The van der Waals surface area contributed by atoms with Crippen LogP contribution in [0, 0.1) is 17.2 Å². The van der Waals surface area contributed by atoms with Gasteiger partial charge < -0.3 is 19.7 Å². The maximum atomic E-state index is 12.4. The highest BCUT2D eigenvalue weighted by Gasteiger charge is 2.38. The zero-order valence-corrected chi connectivity index (χ0v) is 15.8. The second-order valence-corrected chi connectivity index (χ2v) is 7.13. The van der Waals surface area contributed by atoms with Crippen molar-refractivity contribution in [2.45, 2.75) is 37.6 Å². The summed E-state index contributed by atoms with van der Waals surface area (Å²) in [6.45, 7) is -0.288. The van der Waals surface area contributed by atoms with E-state index in [9.17, 15) is 19.6 Å². The fourth-order valence-electron chi connectivity index (χ4n) is 3.75. The molecular weight excluding hydrogens is 362 g/mol. The molecule has 1 saturated carbocycles. The molecule has 1 aromatic rings. The first-order chi connectivity index (χ1) is 13.5. The molecule has 28 heavy (non-hydrogen) atoms. The van der Waals surface area contributed by atoms with E-state index in [-0.39, 0.29) is 18.9 Å². The van der Waals surface area contributed by atoms with E-state index in [0.29, 0.717) is 24.3 Å². The number of nitrogens with one attached hydrogen (secondary N) is 1. The van der Waals surface area contributed by atoms with E-state index in [1.165, 1.54) is 12.0 Å². The quantitative estimate of drug-likeness (QED) is 0.744. The Hall–Kier alpha value is -3.08. The smallest absolute Gasteiger partial charge is 0.311 e. The van der Waals surface area contributed by atoms with Crippen molar-refractivity contribution in [2.75, 3.05) is 25.2 Å². The van der Waals surface area contributed by atoms with Crippen LogP contribution >= 0.6 is 0 Å². The molecule has 2 amide bonds. The van der Waals surface area contributed by atoms with Gasteiger partial charge in [0.25, 0.3) is 5.91 Å². The van der Waals surface area contributed by atoms with Crippen molar-refractivity contribution in [2.24, 2.45) is 5.92 Å². The highest BCUT2D eigenvalue weighted by molar-refractivity contribution is 6.00. The summed E-state index contributed by atoms with van der Waals surface area (Å²) in [4.78, 5) is 38.3. The minimum Gasteiger partial charge on any atom is -0.495 e. The molecule has 2 fully saturated rings. The Morgan fingerprint density at radius 3 is 2.71 bits per heavy atom. The van der Waals surface area contributed by atoms with Gasteiger partial charge in [0.1, 0.15) is 11.3 Å². The molecule has 3 rings (SSSR count). The number of esters is 1. The number of hydrogen-bond donors (Lipinski definition) is 1. The van der Waals surface area contributed by atoms with Crippen LogP contribution in [-0.2, 0) is 19.1 Å². The molecule has 0 spiro atoms. The summed E-state index contributed by atoms with van der Waals surface area (Å²) in [6.07, 6.45) is 3.00. The highest BCUT2D eigenvalue weighted by atomic mass is 16.5. The van der Waals surface area contributed by atoms with Crippen LogP contribution in [0.25, 0.3) is 0 Å². The van der Waals surface area contributed by atoms with Gasteiger partial charge in [-0.25, -0.2) is 0 Å². The summed E-state index contributed by atoms with van der Waals surface area (Å²) in [6, 6.07) is 9.23. The monoisotopic (exact) mass is 385 g/mol. The molecule has 148 valence electrons. The number of methoxy groups -OCH3 is 1. The number of hydrogen-bond acceptors (Lipinski definition) is 6. The van der Waals surface area contributed by atoms with Gasteiger partial charge in [0, 0.05) is 13.0 Å². The number of nitrogens with zero attached hydrogens (tertiary/aromatic N) is 2. The van der Waals surface area contributed by atoms with Crippen LogP contribution in [0.1, 0.15) is 32.1 Å². The van der Waals surface area contributed by atoms with Crippen molar-refractivity contribution in [3.8, 4) is 11.8 Å². The number of nitriles is 1. The fraction of sp³-hybridized carbons (Fsp3) is 0.500. The summed E-state index contributed by atoms with van der Waals surface area (Å²) < 4.78 is 10.4. The standard InChI is InChI=1S/C20H23N3O5/c1-27-16-7-3-2-6-15(16)23-11-14(10-18(23)25)19(26)28-12-17(24)22-20(13-21)8-4-5-9-20/h2-3,6-7,14H,4-5,8-12H2,1H3,(H,22,24)/t14-/m1/s1. The first-order valence-electron chi connectivity index (χ1n) is 9.30. The lowest BCUT2D eigenvalue weighted by Gasteiger charge is -2.22. The SMILES string of the molecule is COc1ccccc1N1C[C@H](C(=O)OCC(=O)NC2(C#N)CCCC2)CC1=O. The van der Waals surface area contributed by atoms with E-state index in [0.717, 1.165) is 12.8 Å². The number of anilines is 1. The van der Waals surface area contributed by atoms with Gasteiger partial charge >= 0.3 is 5.97 Å². The van der Waals surface area contributed by atoms with Gasteiger partial charge in [-0.3, -0.25) is 14.4 Å². The molecule has 2 aliphatic rings. The van der Waals surface area contributed by atoms with Gasteiger partial charge in [-0.05, 0) is 37.8 Å². The lowest BCUT2D eigenvalue weighted by molar-refractivity contribution is -0.152. The summed E-state index contributed by atoms with van der Waals surface area (Å²) in [5, 5.41) is 12.0. The van der Waals surface area contributed by atoms with E-state index in [2.05, 4.69) is 11.4 Å². The molecule has 8 heteroatoms. The minimum absolute atomic E-state index is 0.0145. The maximum Gasteiger partial charge on any atom is 0.311 e. The van der Waals surface area contributed by atoms with Crippen LogP contribution in [0.5, 0.6) is 5.75 Å². The molecule has 0 bridgehead atoms. The van der Waals surface area contributed by atoms with Crippen LogP contribution in [0.15, 0.2) is 24.3 Å². The molecule has 1 saturated heterocycles. The number of ether oxygens (including phenoxy) is 2. The molecule has 1 aliphatic heterocycles. The minimum atomic E-state index is -0.854. The van der Waals surface area contributed by atoms with Gasteiger partial charge in [0.15, 0.2) is 6.61 Å². The van der Waals surface area contributed by atoms with Crippen molar-refractivity contribution in [1.82, 2.24) is 5.32 Å². The van der Waals surface area contributed by atoms with Crippen LogP contribution in [-0.4, -0.2) is 43.6 Å². The largest absolute Gasteiger partial charge is 0.495 e. The van der Waals surface area contributed by atoms with Crippen LogP contribution < -0.4 is 15.0 Å². The van der Waals surface area contributed by atoms with Gasteiger partial charge in [-0.2, -0.15) is 5.26 Å². The number of rotatable bonds is 6. The first-order valence-corrected chi connectivity index (χ1v) is 9.30. The Morgan fingerprint density at radius 1 is 1.32 bits per heavy atom. The maximum absolute atomic E-state index is 12.4. The average Bonchev–Trinajstić information content (AvgIpc) is 3.33.